The third kappa shape index (κ3) is 5.30. The van der Waals surface area contributed by atoms with E-state index in [4.69, 9.17) is 10.1 Å². The van der Waals surface area contributed by atoms with Gasteiger partial charge in [0.25, 0.3) is 5.91 Å². The Morgan fingerprint density at radius 1 is 1.00 bits per heavy atom. The standard InChI is InChI=1S/C31H28FN9OS/c1-19-29(43-31(35-19)21-9-13-33-14-10-21)30(42)37-25-17-41-26(36-25)8-7-24(38-41)28-27(20-3-5-22(32)6-4-20)34-18-40(28)23-11-15-39(2)16-12-23/h3-10,13-14,17-18,23H,11-12,15-16H2,1-2H3,(H,37,42). The quantitative estimate of drug-likeness (QED) is 0.262. The summed E-state index contributed by atoms with van der Waals surface area (Å²) in [5.41, 5.74) is 5.27. The van der Waals surface area contributed by atoms with Crippen LogP contribution in [0.15, 0.2) is 73.4 Å². The minimum absolute atomic E-state index is 0.266. The third-order valence-corrected chi connectivity index (χ3v) is 8.93. The third-order valence-electron chi connectivity index (χ3n) is 7.73. The number of hydrogen-bond donors (Lipinski definition) is 1. The number of likely N-dealkylation sites (tertiary alicyclic amines) is 1. The molecule has 216 valence electrons. The summed E-state index contributed by atoms with van der Waals surface area (Å²) in [5.74, 6) is -0.192. The van der Waals surface area contributed by atoms with Crippen molar-refractivity contribution in [3.63, 3.8) is 0 Å². The van der Waals surface area contributed by atoms with Crippen molar-refractivity contribution >= 4 is 28.7 Å². The lowest BCUT2D eigenvalue weighted by molar-refractivity contribution is 0.102. The van der Waals surface area contributed by atoms with Gasteiger partial charge >= 0.3 is 0 Å². The number of fused-ring (bicyclic) bond motifs is 1. The molecule has 6 aromatic rings. The fourth-order valence-corrected chi connectivity index (χ4v) is 6.42. The van der Waals surface area contributed by atoms with Crippen LogP contribution >= 0.6 is 11.3 Å². The van der Waals surface area contributed by atoms with Gasteiger partial charge in [0.2, 0.25) is 0 Å². The Morgan fingerprint density at radius 3 is 2.53 bits per heavy atom. The smallest absolute Gasteiger partial charge is 0.268 e. The molecule has 0 bridgehead atoms. The molecule has 12 heteroatoms. The molecule has 5 aromatic heterocycles. The highest BCUT2D eigenvalue weighted by molar-refractivity contribution is 7.17. The number of hydrogen-bond acceptors (Lipinski definition) is 8. The molecule has 0 atom stereocenters. The highest BCUT2D eigenvalue weighted by Crippen LogP contribution is 2.35. The number of pyridine rings is 1. The summed E-state index contributed by atoms with van der Waals surface area (Å²) in [5, 5.41) is 8.56. The first kappa shape index (κ1) is 27.0. The largest absolute Gasteiger partial charge is 0.326 e. The molecule has 1 N–H and O–H groups in total. The number of carbonyl (C=O) groups excluding carboxylic acids is 1. The SMILES string of the molecule is Cc1nc(-c2ccncc2)sc1C(=O)Nc1cn2nc(-c3c(-c4ccc(F)cc4)ncn3C3CCN(C)CC3)ccc2n1. The molecular formula is C31H28FN9OS. The van der Waals surface area contributed by atoms with E-state index in [1.54, 1.807) is 35.2 Å². The average Bonchev–Trinajstić information content (AvgIpc) is 3.74. The van der Waals surface area contributed by atoms with Gasteiger partial charge in [-0.25, -0.2) is 23.9 Å². The molecule has 0 spiro atoms. The Morgan fingerprint density at radius 2 is 1.77 bits per heavy atom. The minimum Gasteiger partial charge on any atom is -0.326 e. The second kappa shape index (κ2) is 11.1. The number of halogens is 1. The van der Waals surface area contributed by atoms with Crippen LogP contribution in [0.1, 0.15) is 34.2 Å². The van der Waals surface area contributed by atoms with Crippen LogP contribution in [0, 0.1) is 12.7 Å². The maximum absolute atomic E-state index is 13.7. The van der Waals surface area contributed by atoms with Gasteiger partial charge in [-0.3, -0.25) is 9.78 Å². The molecule has 0 radical (unpaired) electrons. The second-order valence-corrected chi connectivity index (χ2v) is 11.7. The Kier molecular flexibility index (Phi) is 6.99. The van der Waals surface area contributed by atoms with Gasteiger partial charge in [-0.05, 0) is 88.4 Å². The highest BCUT2D eigenvalue weighted by Gasteiger charge is 2.25. The van der Waals surface area contributed by atoms with Gasteiger partial charge in [-0.15, -0.1) is 11.3 Å². The van der Waals surface area contributed by atoms with E-state index in [1.807, 2.05) is 37.5 Å². The fourth-order valence-electron chi connectivity index (χ4n) is 5.45. The van der Waals surface area contributed by atoms with Crippen molar-refractivity contribution in [2.45, 2.75) is 25.8 Å². The van der Waals surface area contributed by atoms with Gasteiger partial charge in [0.1, 0.15) is 21.4 Å². The van der Waals surface area contributed by atoms with Crippen LogP contribution in [0.4, 0.5) is 10.2 Å². The lowest BCUT2D eigenvalue weighted by atomic mass is 10.0. The number of nitrogens with one attached hydrogen (secondary N) is 1. The molecule has 1 aliphatic rings. The topological polar surface area (TPSA) is 106 Å². The summed E-state index contributed by atoms with van der Waals surface area (Å²) in [7, 11) is 2.13. The molecule has 6 heterocycles. The zero-order valence-corrected chi connectivity index (χ0v) is 24.4. The van der Waals surface area contributed by atoms with E-state index >= 15 is 0 Å². The van der Waals surface area contributed by atoms with Crippen molar-refractivity contribution in [2.75, 3.05) is 25.5 Å². The zero-order chi connectivity index (χ0) is 29.5. The zero-order valence-electron chi connectivity index (χ0n) is 23.6. The van der Waals surface area contributed by atoms with Gasteiger partial charge in [0.05, 0.1) is 29.6 Å². The Bertz CT molecular complexity index is 1920. The van der Waals surface area contributed by atoms with E-state index in [0.29, 0.717) is 27.7 Å². The predicted octanol–water partition coefficient (Wildman–Crippen LogP) is 5.74. The van der Waals surface area contributed by atoms with Crippen molar-refractivity contribution in [1.82, 2.24) is 39.0 Å². The van der Waals surface area contributed by atoms with Crippen LogP contribution in [-0.2, 0) is 0 Å². The molecule has 7 rings (SSSR count). The van der Waals surface area contributed by atoms with Gasteiger partial charge < -0.3 is 14.8 Å². The number of amides is 1. The first-order chi connectivity index (χ1) is 20.9. The number of benzene rings is 1. The summed E-state index contributed by atoms with van der Waals surface area (Å²) in [6, 6.07) is 14.2. The molecule has 43 heavy (non-hydrogen) atoms. The number of nitrogens with zero attached hydrogens (tertiary/aromatic N) is 8. The second-order valence-electron chi connectivity index (χ2n) is 10.7. The molecule has 1 amide bonds. The fraction of sp³-hybridized carbons (Fsp3) is 0.226. The Hall–Kier alpha value is -4.81. The van der Waals surface area contributed by atoms with Crippen molar-refractivity contribution < 1.29 is 9.18 Å². The maximum Gasteiger partial charge on any atom is 0.268 e. The molecule has 0 saturated carbocycles. The monoisotopic (exact) mass is 593 g/mol. The summed E-state index contributed by atoms with van der Waals surface area (Å²) >= 11 is 1.33. The van der Waals surface area contributed by atoms with Gasteiger partial charge in [0.15, 0.2) is 11.5 Å². The molecule has 1 fully saturated rings. The summed E-state index contributed by atoms with van der Waals surface area (Å²) in [6.07, 6.45) is 8.95. The van der Waals surface area contributed by atoms with Crippen LogP contribution in [0.25, 0.3) is 38.9 Å². The van der Waals surface area contributed by atoms with Crippen LogP contribution in [0.3, 0.4) is 0 Å². The van der Waals surface area contributed by atoms with Crippen LogP contribution in [-0.4, -0.2) is 65.1 Å². The number of thiazole rings is 1. The van der Waals surface area contributed by atoms with Crippen molar-refractivity contribution in [1.29, 1.82) is 0 Å². The van der Waals surface area contributed by atoms with Gasteiger partial charge in [-0.1, -0.05) is 0 Å². The number of rotatable bonds is 6. The van der Waals surface area contributed by atoms with E-state index in [2.05, 4.69) is 36.8 Å². The van der Waals surface area contributed by atoms with Crippen molar-refractivity contribution in [3.05, 3.63) is 89.8 Å². The normalized spacial score (nSPS) is 14.4. The highest BCUT2D eigenvalue weighted by atomic mass is 32.1. The summed E-state index contributed by atoms with van der Waals surface area (Å²) < 4.78 is 17.6. The predicted molar refractivity (Wildman–Crippen MR) is 163 cm³/mol. The number of carbonyl (C=O) groups is 1. The van der Waals surface area contributed by atoms with E-state index in [0.717, 1.165) is 53.5 Å². The Balaban J connectivity index is 1.21. The van der Waals surface area contributed by atoms with Gasteiger partial charge in [0, 0.05) is 29.6 Å². The van der Waals surface area contributed by atoms with Gasteiger partial charge in [-0.2, -0.15) is 5.10 Å². The first-order valence-corrected chi connectivity index (χ1v) is 14.8. The molecule has 0 unspecified atom stereocenters. The minimum atomic E-state index is -0.297. The summed E-state index contributed by atoms with van der Waals surface area (Å²) in [6.45, 7) is 3.81. The van der Waals surface area contributed by atoms with E-state index in [9.17, 15) is 9.18 Å². The number of aromatic nitrogens is 7. The average molecular weight is 594 g/mol. The number of anilines is 1. The van der Waals surface area contributed by atoms with E-state index < -0.39 is 0 Å². The van der Waals surface area contributed by atoms with Crippen LogP contribution < -0.4 is 5.32 Å². The molecule has 1 aliphatic heterocycles. The van der Waals surface area contributed by atoms with E-state index in [-0.39, 0.29) is 17.8 Å². The molecule has 10 nitrogen and oxygen atoms in total. The maximum atomic E-state index is 13.7. The first-order valence-electron chi connectivity index (χ1n) is 14.0. The lowest BCUT2D eigenvalue weighted by Gasteiger charge is -2.30. The molecule has 1 aromatic carbocycles. The number of imidazole rings is 2. The van der Waals surface area contributed by atoms with Crippen molar-refractivity contribution in [2.24, 2.45) is 0 Å². The lowest BCUT2D eigenvalue weighted by Crippen LogP contribution is -2.31. The summed E-state index contributed by atoms with van der Waals surface area (Å²) in [4.78, 5) is 34.0. The molecule has 1 saturated heterocycles. The Labute approximate surface area is 250 Å². The number of piperidine rings is 1. The molecule has 0 aliphatic carbocycles. The number of aryl methyl sites for hydroxylation is 1. The van der Waals surface area contributed by atoms with Crippen LogP contribution in [0.5, 0.6) is 0 Å². The van der Waals surface area contributed by atoms with Crippen molar-refractivity contribution in [3.8, 4) is 33.2 Å². The van der Waals surface area contributed by atoms with E-state index in [1.165, 1.54) is 23.5 Å². The van der Waals surface area contributed by atoms with Crippen LogP contribution in [0.2, 0.25) is 0 Å². The molecular weight excluding hydrogens is 565 g/mol.